The summed E-state index contributed by atoms with van der Waals surface area (Å²) in [4.78, 5) is 25.8. The highest BCUT2D eigenvalue weighted by molar-refractivity contribution is 5.94. The molecule has 0 radical (unpaired) electrons. The molecule has 0 bridgehead atoms. The Labute approximate surface area is 106 Å². The molecule has 0 atom stereocenters. The molecule has 18 heavy (non-hydrogen) atoms. The van der Waals surface area contributed by atoms with E-state index in [2.05, 4.69) is 10.2 Å². The van der Waals surface area contributed by atoms with Crippen molar-refractivity contribution in [1.29, 1.82) is 0 Å². The van der Waals surface area contributed by atoms with E-state index in [1.807, 2.05) is 18.2 Å². The van der Waals surface area contributed by atoms with Crippen LogP contribution in [0.25, 0.3) is 0 Å². The standard InChI is InChI=1S/C13H17NO4/c15-12(18-17)9-5-2-6-10-14-13(16)11-7-3-1-4-8-11/h1,3-4,7-8,17H,2,5-6,9-10H2,(H,14,16). The predicted molar refractivity (Wildman–Crippen MR) is 66.0 cm³/mol. The maximum absolute atomic E-state index is 11.6. The van der Waals surface area contributed by atoms with Crippen LogP contribution in [0.2, 0.25) is 0 Å². The van der Waals surface area contributed by atoms with Gasteiger partial charge in [0.15, 0.2) is 0 Å². The molecule has 1 aromatic carbocycles. The van der Waals surface area contributed by atoms with Crippen LogP contribution in [0.15, 0.2) is 30.3 Å². The molecule has 0 saturated carbocycles. The van der Waals surface area contributed by atoms with Crippen LogP contribution in [0.5, 0.6) is 0 Å². The van der Waals surface area contributed by atoms with Gasteiger partial charge in [0.05, 0.1) is 0 Å². The number of hydrogen-bond acceptors (Lipinski definition) is 4. The summed E-state index contributed by atoms with van der Waals surface area (Å²) in [5, 5.41) is 10.8. The highest BCUT2D eigenvalue weighted by Crippen LogP contribution is 2.01. The van der Waals surface area contributed by atoms with Crippen molar-refractivity contribution in [2.45, 2.75) is 25.7 Å². The number of hydrogen-bond donors (Lipinski definition) is 2. The van der Waals surface area contributed by atoms with E-state index in [0.717, 1.165) is 12.8 Å². The highest BCUT2D eigenvalue weighted by Gasteiger charge is 2.03. The van der Waals surface area contributed by atoms with E-state index >= 15 is 0 Å². The van der Waals surface area contributed by atoms with Crippen molar-refractivity contribution in [2.75, 3.05) is 6.54 Å². The minimum absolute atomic E-state index is 0.0923. The Bertz CT molecular complexity index is 378. The Balaban J connectivity index is 2.08. The van der Waals surface area contributed by atoms with Gasteiger partial charge in [0.1, 0.15) is 0 Å². The van der Waals surface area contributed by atoms with E-state index in [0.29, 0.717) is 18.5 Å². The first kappa shape index (κ1) is 14.2. The molecule has 0 fully saturated rings. The smallest absolute Gasteiger partial charge is 0.342 e. The first-order valence-electron chi connectivity index (χ1n) is 5.91. The van der Waals surface area contributed by atoms with Crippen molar-refractivity contribution in [1.82, 2.24) is 5.32 Å². The van der Waals surface area contributed by atoms with Crippen molar-refractivity contribution >= 4 is 11.9 Å². The van der Waals surface area contributed by atoms with Crippen molar-refractivity contribution in [2.24, 2.45) is 0 Å². The Kier molecular flexibility index (Phi) is 6.50. The summed E-state index contributed by atoms with van der Waals surface area (Å²) < 4.78 is 0. The molecule has 0 aliphatic heterocycles. The summed E-state index contributed by atoms with van der Waals surface area (Å²) >= 11 is 0. The van der Waals surface area contributed by atoms with Gasteiger partial charge in [-0.2, -0.15) is 5.26 Å². The predicted octanol–water partition coefficient (Wildman–Crippen LogP) is 1.99. The van der Waals surface area contributed by atoms with Crippen LogP contribution < -0.4 is 5.32 Å². The summed E-state index contributed by atoms with van der Waals surface area (Å²) in [5.41, 5.74) is 0.640. The normalized spacial score (nSPS) is 9.83. The van der Waals surface area contributed by atoms with E-state index in [4.69, 9.17) is 5.26 Å². The molecular formula is C13H17NO4. The summed E-state index contributed by atoms with van der Waals surface area (Å²) in [7, 11) is 0. The topological polar surface area (TPSA) is 75.6 Å². The zero-order chi connectivity index (χ0) is 13.2. The van der Waals surface area contributed by atoms with Crippen molar-refractivity contribution in [3.63, 3.8) is 0 Å². The molecule has 0 aromatic heterocycles. The second-order valence-electron chi connectivity index (χ2n) is 3.90. The minimum atomic E-state index is -0.622. The molecular weight excluding hydrogens is 234 g/mol. The Hall–Kier alpha value is -1.88. The van der Waals surface area contributed by atoms with E-state index < -0.39 is 5.97 Å². The van der Waals surface area contributed by atoms with Crippen molar-refractivity contribution in [3.05, 3.63) is 35.9 Å². The van der Waals surface area contributed by atoms with Crippen LogP contribution in [0.4, 0.5) is 0 Å². The minimum Gasteiger partial charge on any atom is -0.352 e. The van der Waals surface area contributed by atoms with Gasteiger partial charge >= 0.3 is 5.97 Å². The number of carbonyl (C=O) groups is 2. The SMILES string of the molecule is O=C(CCCCCNC(=O)c1ccccc1)OO. The Morgan fingerprint density at radius 1 is 1.11 bits per heavy atom. The first-order valence-corrected chi connectivity index (χ1v) is 5.91. The molecule has 0 unspecified atom stereocenters. The summed E-state index contributed by atoms with van der Waals surface area (Å²) in [6.07, 6.45) is 2.42. The molecule has 0 heterocycles. The number of amides is 1. The molecule has 2 N–H and O–H groups in total. The fraction of sp³-hybridized carbons (Fsp3) is 0.385. The maximum atomic E-state index is 11.6. The van der Waals surface area contributed by atoms with Crippen LogP contribution in [-0.4, -0.2) is 23.7 Å². The quantitative estimate of drug-likeness (QED) is 0.441. The number of carbonyl (C=O) groups excluding carboxylic acids is 2. The third kappa shape index (κ3) is 5.45. The number of unbranched alkanes of at least 4 members (excludes halogenated alkanes) is 2. The van der Waals surface area contributed by atoms with Gasteiger partial charge in [0.2, 0.25) is 0 Å². The lowest BCUT2D eigenvalue weighted by molar-refractivity contribution is -0.234. The summed E-state index contributed by atoms with van der Waals surface area (Å²) in [6, 6.07) is 9.00. The molecule has 98 valence electrons. The fourth-order valence-corrected chi connectivity index (χ4v) is 1.51. The number of nitrogens with one attached hydrogen (secondary N) is 1. The van der Waals surface area contributed by atoms with Gasteiger partial charge in [-0.1, -0.05) is 24.6 Å². The van der Waals surface area contributed by atoms with Crippen LogP contribution in [0.3, 0.4) is 0 Å². The molecule has 0 aliphatic rings. The van der Waals surface area contributed by atoms with Crippen LogP contribution in [-0.2, 0) is 9.68 Å². The zero-order valence-corrected chi connectivity index (χ0v) is 10.1. The van der Waals surface area contributed by atoms with Crippen LogP contribution in [0, 0.1) is 0 Å². The van der Waals surface area contributed by atoms with Gasteiger partial charge in [-0.25, -0.2) is 4.79 Å². The lowest BCUT2D eigenvalue weighted by atomic mass is 10.2. The molecule has 1 rings (SSSR count). The molecule has 0 saturated heterocycles. The van der Waals surface area contributed by atoms with Gasteiger partial charge in [0.25, 0.3) is 5.91 Å². The lowest BCUT2D eigenvalue weighted by Gasteiger charge is -2.04. The number of benzene rings is 1. The van der Waals surface area contributed by atoms with Gasteiger partial charge in [-0.15, -0.1) is 0 Å². The zero-order valence-electron chi connectivity index (χ0n) is 10.1. The van der Waals surface area contributed by atoms with E-state index in [1.54, 1.807) is 12.1 Å². The van der Waals surface area contributed by atoms with E-state index in [9.17, 15) is 9.59 Å². The van der Waals surface area contributed by atoms with Crippen molar-refractivity contribution in [3.8, 4) is 0 Å². The average molecular weight is 251 g/mol. The fourth-order valence-electron chi connectivity index (χ4n) is 1.51. The third-order valence-corrected chi connectivity index (χ3v) is 2.48. The molecule has 5 nitrogen and oxygen atoms in total. The van der Waals surface area contributed by atoms with Gasteiger partial charge < -0.3 is 10.2 Å². The largest absolute Gasteiger partial charge is 0.352 e. The first-order chi connectivity index (χ1) is 8.74. The average Bonchev–Trinajstić information content (AvgIpc) is 2.43. The van der Waals surface area contributed by atoms with Crippen LogP contribution in [0.1, 0.15) is 36.0 Å². The third-order valence-electron chi connectivity index (χ3n) is 2.48. The second-order valence-corrected chi connectivity index (χ2v) is 3.90. The lowest BCUT2D eigenvalue weighted by Crippen LogP contribution is -2.24. The molecule has 1 aromatic rings. The second kappa shape index (κ2) is 8.25. The van der Waals surface area contributed by atoms with E-state index in [1.165, 1.54) is 0 Å². The Morgan fingerprint density at radius 2 is 1.83 bits per heavy atom. The van der Waals surface area contributed by atoms with Crippen LogP contribution >= 0.6 is 0 Å². The molecule has 1 amide bonds. The van der Waals surface area contributed by atoms with Gasteiger partial charge in [-0.3, -0.25) is 4.79 Å². The maximum Gasteiger partial charge on any atom is 0.342 e. The molecule has 0 spiro atoms. The molecule has 5 heteroatoms. The Morgan fingerprint density at radius 3 is 2.50 bits per heavy atom. The summed E-state index contributed by atoms with van der Waals surface area (Å²) in [6.45, 7) is 0.571. The van der Waals surface area contributed by atoms with Gasteiger partial charge in [-0.05, 0) is 25.0 Å². The van der Waals surface area contributed by atoms with E-state index in [-0.39, 0.29) is 12.3 Å². The monoisotopic (exact) mass is 251 g/mol. The van der Waals surface area contributed by atoms with Crippen molar-refractivity contribution < 1.29 is 19.7 Å². The van der Waals surface area contributed by atoms with Gasteiger partial charge in [0, 0.05) is 18.5 Å². The number of rotatable bonds is 7. The molecule has 0 aliphatic carbocycles. The summed E-state index contributed by atoms with van der Waals surface area (Å²) in [5.74, 6) is -0.714. The highest BCUT2D eigenvalue weighted by atomic mass is 17.1.